The predicted molar refractivity (Wildman–Crippen MR) is 129 cm³/mol. The summed E-state index contributed by atoms with van der Waals surface area (Å²) in [6, 6.07) is 27.2. The summed E-state index contributed by atoms with van der Waals surface area (Å²) in [7, 11) is 2.75. The third-order valence-corrected chi connectivity index (χ3v) is 5.07. The van der Waals surface area contributed by atoms with Crippen molar-refractivity contribution in [2.45, 2.75) is 13.8 Å². The average molecular weight is 427 g/mol. The molecule has 4 aromatic carbocycles. The van der Waals surface area contributed by atoms with Crippen LogP contribution in [0.1, 0.15) is 34.6 Å². The first-order chi connectivity index (χ1) is 15.6. The van der Waals surface area contributed by atoms with Crippen LogP contribution in [0.3, 0.4) is 0 Å². The minimum atomic E-state index is -0.356. The summed E-state index contributed by atoms with van der Waals surface area (Å²) in [4.78, 5) is 23.7. The molecule has 4 nitrogen and oxygen atoms in total. The van der Waals surface area contributed by atoms with Crippen LogP contribution in [-0.2, 0) is 9.47 Å². The second-order valence-corrected chi connectivity index (χ2v) is 6.92. The lowest BCUT2D eigenvalue weighted by atomic mass is 9.96. The minimum absolute atomic E-state index is 0.356. The van der Waals surface area contributed by atoms with Crippen molar-refractivity contribution in [3.8, 4) is 22.3 Å². The maximum Gasteiger partial charge on any atom is 0.337 e. The van der Waals surface area contributed by atoms with Crippen LogP contribution in [0.4, 0.5) is 0 Å². The standard InChI is InChI=1S/C26H20O4.C2H6/c1-29-25(27)22-7-3-5-18(13-22)20-11-9-17-10-12-21(16-24(17)15-20)19-6-4-8-23(14-19)26(28)30-2;1-2/h3-16H,1-2H3;1-2H3. The largest absolute Gasteiger partial charge is 0.465 e. The summed E-state index contributed by atoms with van der Waals surface area (Å²) in [6.07, 6.45) is 0. The van der Waals surface area contributed by atoms with E-state index < -0.39 is 0 Å². The number of hydrogen-bond donors (Lipinski definition) is 0. The summed E-state index contributed by atoms with van der Waals surface area (Å²) < 4.78 is 9.65. The molecule has 0 aliphatic rings. The van der Waals surface area contributed by atoms with Gasteiger partial charge >= 0.3 is 11.9 Å². The lowest BCUT2D eigenvalue weighted by Crippen LogP contribution is -2.00. The number of esters is 2. The molecule has 4 rings (SSSR count). The van der Waals surface area contributed by atoms with Gasteiger partial charge in [-0.15, -0.1) is 0 Å². The fourth-order valence-electron chi connectivity index (χ4n) is 3.49. The first-order valence-electron chi connectivity index (χ1n) is 10.5. The van der Waals surface area contributed by atoms with Gasteiger partial charge in [0.15, 0.2) is 0 Å². The number of benzene rings is 4. The highest BCUT2D eigenvalue weighted by Gasteiger charge is 2.09. The Hall–Kier alpha value is -3.92. The van der Waals surface area contributed by atoms with E-state index in [-0.39, 0.29) is 11.9 Å². The van der Waals surface area contributed by atoms with Crippen molar-refractivity contribution in [2.24, 2.45) is 0 Å². The molecule has 0 amide bonds. The summed E-state index contributed by atoms with van der Waals surface area (Å²) in [5, 5.41) is 2.17. The molecule has 0 unspecified atom stereocenters. The van der Waals surface area contributed by atoms with Crippen molar-refractivity contribution in [2.75, 3.05) is 14.2 Å². The summed E-state index contributed by atoms with van der Waals surface area (Å²) in [6.45, 7) is 4.00. The molecule has 4 aromatic rings. The van der Waals surface area contributed by atoms with Gasteiger partial charge in [-0.25, -0.2) is 9.59 Å². The van der Waals surface area contributed by atoms with Crippen molar-refractivity contribution in [1.82, 2.24) is 0 Å². The van der Waals surface area contributed by atoms with Gasteiger partial charge in [-0.2, -0.15) is 0 Å². The predicted octanol–water partition coefficient (Wildman–Crippen LogP) is 6.77. The number of fused-ring (bicyclic) bond motifs is 1. The Kier molecular flexibility index (Phi) is 7.40. The van der Waals surface area contributed by atoms with Crippen molar-refractivity contribution < 1.29 is 19.1 Å². The van der Waals surface area contributed by atoms with E-state index >= 15 is 0 Å². The van der Waals surface area contributed by atoms with Crippen LogP contribution in [0, 0.1) is 0 Å². The van der Waals surface area contributed by atoms with Gasteiger partial charge in [0, 0.05) is 0 Å². The average Bonchev–Trinajstić information content (AvgIpc) is 2.88. The van der Waals surface area contributed by atoms with Crippen LogP contribution in [0.2, 0.25) is 0 Å². The van der Waals surface area contributed by atoms with Gasteiger partial charge in [-0.1, -0.05) is 62.4 Å². The molecule has 0 bridgehead atoms. The second-order valence-electron chi connectivity index (χ2n) is 6.92. The maximum atomic E-state index is 11.9. The number of methoxy groups -OCH3 is 2. The van der Waals surface area contributed by atoms with Crippen molar-refractivity contribution >= 4 is 22.7 Å². The molecule has 0 aromatic heterocycles. The van der Waals surface area contributed by atoms with E-state index in [2.05, 4.69) is 24.3 Å². The molecule has 4 heteroatoms. The second kappa shape index (κ2) is 10.4. The van der Waals surface area contributed by atoms with Gasteiger partial charge < -0.3 is 9.47 Å². The Labute approximate surface area is 188 Å². The molecule has 0 radical (unpaired) electrons. The van der Waals surface area contributed by atoms with Crippen LogP contribution < -0.4 is 0 Å². The number of hydrogen-bond acceptors (Lipinski definition) is 4. The maximum absolute atomic E-state index is 11.9. The van der Waals surface area contributed by atoms with E-state index in [4.69, 9.17) is 9.47 Å². The summed E-state index contributed by atoms with van der Waals surface area (Å²) in [5.41, 5.74) is 4.94. The fraction of sp³-hybridized carbons (Fsp3) is 0.143. The van der Waals surface area contributed by atoms with Crippen LogP contribution in [0.5, 0.6) is 0 Å². The normalized spacial score (nSPS) is 10.1. The number of rotatable bonds is 4. The van der Waals surface area contributed by atoms with E-state index in [1.54, 1.807) is 12.1 Å². The van der Waals surface area contributed by atoms with Crippen molar-refractivity contribution in [1.29, 1.82) is 0 Å². The number of ether oxygens (including phenoxy) is 2. The number of carbonyl (C=O) groups excluding carboxylic acids is 2. The highest BCUT2D eigenvalue weighted by molar-refractivity contribution is 5.94. The zero-order chi connectivity index (χ0) is 23.1. The van der Waals surface area contributed by atoms with Gasteiger partial charge in [0.25, 0.3) is 0 Å². The Morgan fingerprint density at radius 1 is 0.531 bits per heavy atom. The lowest BCUT2D eigenvalue weighted by Gasteiger charge is -2.09. The summed E-state index contributed by atoms with van der Waals surface area (Å²) in [5.74, 6) is -0.712. The zero-order valence-electron chi connectivity index (χ0n) is 18.7. The first-order valence-corrected chi connectivity index (χ1v) is 10.5. The first kappa shape index (κ1) is 22.8. The highest BCUT2D eigenvalue weighted by Crippen LogP contribution is 2.29. The van der Waals surface area contributed by atoms with E-state index in [1.807, 2.05) is 62.4 Å². The molecule has 0 aliphatic carbocycles. The fourth-order valence-corrected chi connectivity index (χ4v) is 3.49. The molecule has 0 fully saturated rings. The Bertz CT molecular complexity index is 1160. The monoisotopic (exact) mass is 426 g/mol. The molecule has 0 heterocycles. The van der Waals surface area contributed by atoms with Gasteiger partial charge in [-0.3, -0.25) is 0 Å². The summed E-state index contributed by atoms with van der Waals surface area (Å²) >= 11 is 0. The smallest absolute Gasteiger partial charge is 0.337 e. The SMILES string of the molecule is CC.COC(=O)c1cccc(-c2ccc3ccc(-c4cccc(C(=O)OC)c4)cc3c2)c1. The minimum Gasteiger partial charge on any atom is -0.465 e. The van der Waals surface area contributed by atoms with Gasteiger partial charge in [0.2, 0.25) is 0 Å². The zero-order valence-corrected chi connectivity index (χ0v) is 18.7. The van der Waals surface area contributed by atoms with Gasteiger partial charge in [0.05, 0.1) is 25.3 Å². The van der Waals surface area contributed by atoms with E-state index in [1.165, 1.54) is 14.2 Å². The van der Waals surface area contributed by atoms with Crippen LogP contribution in [-0.4, -0.2) is 26.2 Å². The third-order valence-electron chi connectivity index (χ3n) is 5.07. The molecule has 0 atom stereocenters. The van der Waals surface area contributed by atoms with E-state index in [0.717, 1.165) is 33.0 Å². The molecule has 0 aliphatic heterocycles. The van der Waals surface area contributed by atoms with E-state index in [0.29, 0.717) is 11.1 Å². The van der Waals surface area contributed by atoms with Crippen LogP contribution >= 0.6 is 0 Å². The van der Waals surface area contributed by atoms with Gasteiger partial charge in [0.1, 0.15) is 0 Å². The molecular formula is C28H26O4. The molecular weight excluding hydrogens is 400 g/mol. The van der Waals surface area contributed by atoms with Crippen molar-refractivity contribution in [3.05, 3.63) is 96.1 Å². The highest BCUT2D eigenvalue weighted by atomic mass is 16.5. The molecule has 0 spiro atoms. The molecule has 162 valence electrons. The van der Waals surface area contributed by atoms with Crippen LogP contribution in [0.15, 0.2) is 84.9 Å². The topological polar surface area (TPSA) is 52.6 Å². The Balaban J connectivity index is 0.00000141. The molecule has 0 saturated heterocycles. The van der Waals surface area contributed by atoms with E-state index in [9.17, 15) is 9.59 Å². The van der Waals surface area contributed by atoms with Crippen molar-refractivity contribution in [3.63, 3.8) is 0 Å². The van der Waals surface area contributed by atoms with Gasteiger partial charge in [-0.05, 0) is 69.4 Å². The third kappa shape index (κ3) is 4.86. The Morgan fingerprint density at radius 2 is 0.938 bits per heavy atom. The van der Waals surface area contributed by atoms with Crippen LogP contribution in [0.25, 0.3) is 33.0 Å². The molecule has 32 heavy (non-hydrogen) atoms. The molecule has 0 N–H and O–H groups in total. The quantitative estimate of drug-likeness (QED) is 0.338. The Morgan fingerprint density at radius 3 is 1.34 bits per heavy atom. The lowest BCUT2D eigenvalue weighted by molar-refractivity contribution is 0.0592. The molecule has 0 saturated carbocycles. The number of carbonyl (C=O) groups is 2.